The highest BCUT2D eigenvalue weighted by atomic mass is 16.5. The Hall–Kier alpha value is -3.88. The van der Waals surface area contributed by atoms with Crippen LogP contribution in [0.2, 0.25) is 0 Å². The van der Waals surface area contributed by atoms with Crippen molar-refractivity contribution in [2.24, 2.45) is 0 Å². The van der Waals surface area contributed by atoms with Crippen LogP contribution in [0.1, 0.15) is 36.5 Å². The molecule has 3 N–H and O–H groups in total. The van der Waals surface area contributed by atoms with Gasteiger partial charge in [-0.1, -0.05) is 18.2 Å². The second-order valence-corrected chi connectivity index (χ2v) is 6.39. The highest BCUT2D eigenvalue weighted by molar-refractivity contribution is 5.95. The van der Waals surface area contributed by atoms with Gasteiger partial charge in [0.15, 0.2) is 6.61 Å². The van der Waals surface area contributed by atoms with Crippen molar-refractivity contribution < 1.29 is 28.7 Å². The van der Waals surface area contributed by atoms with E-state index in [2.05, 4.69) is 16.2 Å². The predicted molar refractivity (Wildman–Crippen MR) is 113 cm³/mol. The number of benzene rings is 2. The van der Waals surface area contributed by atoms with Crippen molar-refractivity contribution >= 4 is 29.4 Å². The smallest absolute Gasteiger partial charge is 0.306 e. The number of anilines is 1. The van der Waals surface area contributed by atoms with Gasteiger partial charge in [-0.25, -0.2) is 0 Å². The maximum Gasteiger partial charge on any atom is 0.306 e. The minimum atomic E-state index is -0.675. The quantitative estimate of drug-likeness (QED) is 0.395. The van der Waals surface area contributed by atoms with Gasteiger partial charge in [-0.3, -0.25) is 30.0 Å². The molecular formula is C22H25N3O6. The summed E-state index contributed by atoms with van der Waals surface area (Å²) in [5.74, 6) is -1.30. The number of ether oxygens (including phenoxy) is 2. The molecule has 0 aromatic heterocycles. The zero-order chi connectivity index (χ0) is 22.5. The molecule has 0 unspecified atom stereocenters. The third-order valence-electron chi connectivity index (χ3n) is 3.95. The topological polar surface area (TPSA) is 123 Å². The van der Waals surface area contributed by atoms with Gasteiger partial charge >= 0.3 is 5.97 Å². The Morgan fingerprint density at radius 3 is 2.23 bits per heavy atom. The lowest BCUT2D eigenvalue weighted by Crippen LogP contribution is -2.43. The third-order valence-corrected chi connectivity index (χ3v) is 3.95. The van der Waals surface area contributed by atoms with E-state index in [0.717, 1.165) is 0 Å². The lowest BCUT2D eigenvalue weighted by atomic mass is 10.2. The first-order valence-electron chi connectivity index (χ1n) is 9.80. The van der Waals surface area contributed by atoms with E-state index in [1.54, 1.807) is 54.6 Å². The minimum Gasteiger partial charge on any atom is -0.494 e. The van der Waals surface area contributed by atoms with E-state index in [0.29, 0.717) is 23.6 Å². The van der Waals surface area contributed by atoms with Crippen LogP contribution in [0.15, 0.2) is 54.6 Å². The Labute approximate surface area is 180 Å². The number of hydrogen-bond acceptors (Lipinski definition) is 6. The van der Waals surface area contributed by atoms with Crippen LogP contribution in [0.25, 0.3) is 0 Å². The van der Waals surface area contributed by atoms with E-state index < -0.39 is 24.4 Å². The van der Waals surface area contributed by atoms with Crippen LogP contribution >= 0.6 is 0 Å². The van der Waals surface area contributed by atoms with Gasteiger partial charge in [0.1, 0.15) is 5.75 Å². The molecule has 2 aromatic rings. The fourth-order valence-electron chi connectivity index (χ4n) is 2.46. The zero-order valence-corrected chi connectivity index (χ0v) is 17.2. The van der Waals surface area contributed by atoms with Crippen molar-refractivity contribution in [1.29, 1.82) is 0 Å². The molecule has 0 spiro atoms. The first kappa shape index (κ1) is 23.4. The summed E-state index contributed by atoms with van der Waals surface area (Å²) in [6.07, 6.45) is 0.385. The molecule has 0 fully saturated rings. The Bertz CT molecular complexity index is 884. The van der Waals surface area contributed by atoms with Crippen molar-refractivity contribution in [2.45, 2.75) is 26.2 Å². The van der Waals surface area contributed by atoms with Crippen molar-refractivity contribution in [3.8, 4) is 5.75 Å². The number of nitrogens with one attached hydrogen (secondary N) is 3. The fourth-order valence-corrected chi connectivity index (χ4v) is 2.46. The maximum absolute atomic E-state index is 11.9. The molecule has 31 heavy (non-hydrogen) atoms. The van der Waals surface area contributed by atoms with Crippen molar-refractivity contribution in [1.82, 2.24) is 10.9 Å². The molecule has 0 aliphatic heterocycles. The molecule has 9 nitrogen and oxygen atoms in total. The Balaban J connectivity index is 1.58. The van der Waals surface area contributed by atoms with E-state index in [1.807, 2.05) is 6.92 Å². The van der Waals surface area contributed by atoms with Gasteiger partial charge in [-0.05, 0) is 49.7 Å². The number of hydrazine groups is 1. The Morgan fingerprint density at radius 1 is 0.839 bits per heavy atom. The monoisotopic (exact) mass is 427 g/mol. The molecule has 0 heterocycles. The number of amides is 3. The van der Waals surface area contributed by atoms with E-state index in [-0.39, 0.29) is 25.2 Å². The van der Waals surface area contributed by atoms with Crippen molar-refractivity contribution in [3.05, 3.63) is 60.2 Å². The first-order valence-corrected chi connectivity index (χ1v) is 9.80. The lowest BCUT2D eigenvalue weighted by molar-refractivity contribution is -0.148. The van der Waals surface area contributed by atoms with Gasteiger partial charge in [-0.2, -0.15) is 0 Å². The SMILES string of the molecule is CCOc1ccc(NC(=O)CCCC(=O)OCC(=O)NNC(=O)c2ccccc2)cc1. The summed E-state index contributed by atoms with van der Waals surface area (Å²) in [7, 11) is 0. The van der Waals surface area contributed by atoms with Gasteiger partial charge in [0.25, 0.3) is 11.8 Å². The zero-order valence-electron chi connectivity index (χ0n) is 17.2. The van der Waals surface area contributed by atoms with E-state index in [1.165, 1.54) is 0 Å². The summed E-state index contributed by atoms with van der Waals surface area (Å²) in [6.45, 7) is 1.91. The standard InChI is InChI=1S/C22H25N3O6/c1-2-30-18-13-11-17(12-14-18)23-19(26)9-6-10-21(28)31-15-20(27)24-25-22(29)16-7-4-3-5-8-16/h3-5,7-8,11-14H,2,6,9-10,15H2,1H3,(H,23,26)(H,24,27)(H,25,29). The van der Waals surface area contributed by atoms with Crippen LogP contribution in [-0.4, -0.2) is 36.9 Å². The van der Waals surface area contributed by atoms with Crippen LogP contribution in [0.4, 0.5) is 5.69 Å². The molecule has 164 valence electrons. The predicted octanol–water partition coefficient (Wildman–Crippen LogP) is 2.20. The Morgan fingerprint density at radius 2 is 1.55 bits per heavy atom. The number of carbonyl (C=O) groups excluding carboxylic acids is 4. The summed E-state index contributed by atoms with van der Waals surface area (Å²) in [5, 5.41) is 2.73. The molecule has 0 aliphatic rings. The van der Waals surface area contributed by atoms with Gasteiger partial charge in [0.2, 0.25) is 5.91 Å². The summed E-state index contributed by atoms with van der Waals surface area (Å²) in [6, 6.07) is 15.3. The second-order valence-electron chi connectivity index (χ2n) is 6.39. The average molecular weight is 427 g/mol. The molecule has 2 rings (SSSR count). The highest BCUT2D eigenvalue weighted by Crippen LogP contribution is 2.16. The number of carbonyl (C=O) groups is 4. The molecule has 0 saturated heterocycles. The molecule has 0 radical (unpaired) electrons. The largest absolute Gasteiger partial charge is 0.494 e. The minimum absolute atomic E-state index is 0.0135. The molecule has 9 heteroatoms. The van der Waals surface area contributed by atoms with Crippen molar-refractivity contribution in [2.75, 3.05) is 18.5 Å². The van der Waals surface area contributed by atoms with E-state index >= 15 is 0 Å². The molecule has 0 saturated carbocycles. The fraction of sp³-hybridized carbons (Fsp3) is 0.273. The number of rotatable bonds is 10. The highest BCUT2D eigenvalue weighted by Gasteiger charge is 2.11. The van der Waals surface area contributed by atoms with Gasteiger partial charge < -0.3 is 14.8 Å². The summed E-state index contributed by atoms with van der Waals surface area (Å²) in [4.78, 5) is 47.1. The molecule has 2 aromatic carbocycles. The van der Waals surface area contributed by atoms with Crippen LogP contribution < -0.4 is 20.9 Å². The molecule has 0 bridgehead atoms. The Kier molecular flexibility index (Phi) is 9.54. The average Bonchev–Trinajstić information content (AvgIpc) is 2.78. The van der Waals surface area contributed by atoms with Crippen LogP contribution in [-0.2, 0) is 19.1 Å². The number of hydrogen-bond donors (Lipinski definition) is 3. The molecule has 0 atom stereocenters. The van der Waals surface area contributed by atoms with Gasteiger partial charge in [0, 0.05) is 24.1 Å². The van der Waals surface area contributed by atoms with Crippen LogP contribution in [0.3, 0.4) is 0 Å². The maximum atomic E-state index is 11.9. The summed E-state index contributed by atoms with van der Waals surface area (Å²) >= 11 is 0. The molecule has 3 amide bonds. The lowest BCUT2D eigenvalue weighted by Gasteiger charge is -2.08. The van der Waals surface area contributed by atoms with Crippen LogP contribution in [0.5, 0.6) is 5.75 Å². The van der Waals surface area contributed by atoms with Gasteiger partial charge in [-0.15, -0.1) is 0 Å². The second kappa shape index (κ2) is 12.6. The summed E-state index contributed by atoms with van der Waals surface area (Å²) < 4.78 is 10.2. The van der Waals surface area contributed by atoms with Crippen LogP contribution in [0, 0.1) is 0 Å². The normalized spacial score (nSPS) is 9.97. The molecule has 0 aliphatic carbocycles. The number of esters is 1. The third kappa shape index (κ3) is 8.99. The molecular weight excluding hydrogens is 402 g/mol. The van der Waals surface area contributed by atoms with Gasteiger partial charge in [0.05, 0.1) is 6.61 Å². The first-order chi connectivity index (χ1) is 15.0. The van der Waals surface area contributed by atoms with E-state index in [9.17, 15) is 19.2 Å². The van der Waals surface area contributed by atoms with Crippen molar-refractivity contribution in [3.63, 3.8) is 0 Å². The summed E-state index contributed by atoms with van der Waals surface area (Å²) in [5.41, 5.74) is 5.39. The van der Waals surface area contributed by atoms with E-state index in [4.69, 9.17) is 9.47 Å².